The highest BCUT2D eigenvalue weighted by molar-refractivity contribution is 5.88. The summed E-state index contributed by atoms with van der Waals surface area (Å²) in [6, 6.07) is 0. The number of aliphatic carboxylic acids is 7. The van der Waals surface area contributed by atoms with Crippen molar-refractivity contribution in [3.05, 3.63) is 12.7 Å². The molecule has 0 bridgehead atoms. The van der Waals surface area contributed by atoms with E-state index in [2.05, 4.69) is 6.58 Å². The Morgan fingerprint density at radius 3 is 0.774 bits per heavy atom. The molecule has 0 heterocycles. The van der Waals surface area contributed by atoms with E-state index in [1.54, 1.807) is 0 Å². The van der Waals surface area contributed by atoms with Gasteiger partial charge in [-0.05, 0) is 0 Å². The lowest BCUT2D eigenvalue weighted by atomic mass is 9.96. The molecule has 0 saturated carbocycles. The number of aliphatic hydroxyl groups is 2. The van der Waals surface area contributed by atoms with Gasteiger partial charge in [0.25, 0.3) is 0 Å². The van der Waals surface area contributed by atoms with E-state index in [1.807, 2.05) is 0 Å². The van der Waals surface area contributed by atoms with E-state index in [9.17, 15) is 33.6 Å². The summed E-state index contributed by atoms with van der Waals surface area (Å²) < 4.78 is 0. The zero-order valence-electron chi connectivity index (χ0n) is 15.5. The van der Waals surface area contributed by atoms with Crippen LogP contribution in [0.5, 0.6) is 0 Å². The van der Waals surface area contributed by atoms with Crippen molar-refractivity contribution < 1.29 is 79.5 Å². The lowest BCUT2D eigenvalue weighted by Gasteiger charge is -2.18. The summed E-state index contributed by atoms with van der Waals surface area (Å²) in [5, 5.41) is 75.2. The lowest BCUT2D eigenvalue weighted by molar-refractivity contribution is -0.170. The van der Waals surface area contributed by atoms with Gasteiger partial charge in [-0.25, -0.2) is 14.4 Å². The van der Waals surface area contributed by atoms with Crippen LogP contribution in [0.2, 0.25) is 0 Å². The molecule has 0 aliphatic carbocycles. The molecule has 0 aromatic rings. The fraction of sp³-hybridized carbons (Fsp3) is 0.400. The zero-order valence-corrected chi connectivity index (χ0v) is 15.5. The average Bonchev–Trinajstić information content (AvgIpc) is 2.52. The van der Waals surface area contributed by atoms with Gasteiger partial charge in [0.2, 0.25) is 0 Å². The van der Waals surface area contributed by atoms with Crippen molar-refractivity contribution in [2.75, 3.05) is 0 Å². The summed E-state index contributed by atoms with van der Waals surface area (Å²) in [7, 11) is 0. The molecule has 0 amide bonds. The van der Waals surface area contributed by atoms with E-state index in [-0.39, 0.29) is 0 Å². The monoisotopic (exact) mass is 456 g/mol. The highest BCUT2D eigenvalue weighted by Crippen LogP contribution is 2.16. The molecule has 0 fully saturated rings. The van der Waals surface area contributed by atoms with Gasteiger partial charge in [-0.3, -0.25) is 19.2 Å². The standard InChI is InChI=1S/2C6H8O7.C3H4O2/c2*7-3(8)1-6(13,5(11)12)2-4(9)10;1-2-3(4)5/h2*13H,1-2H2,(H,7,8)(H,9,10)(H,11,12);2H,1H2,(H,4,5). The molecule has 0 saturated heterocycles. The predicted molar refractivity (Wildman–Crippen MR) is 92.0 cm³/mol. The van der Waals surface area contributed by atoms with Crippen LogP contribution in [-0.2, 0) is 33.6 Å². The number of hydrogen-bond donors (Lipinski definition) is 9. The quantitative estimate of drug-likeness (QED) is 0.148. The normalized spacial score (nSPS) is 10.1. The maximum Gasteiger partial charge on any atom is 0.336 e. The molecule has 16 nitrogen and oxygen atoms in total. The summed E-state index contributed by atoms with van der Waals surface area (Å²) in [5.74, 6) is -11.0. The largest absolute Gasteiger partial charge is 0.481 e. The van der Waals surface area contributed by atoms with Crippen molar-refractivity contribution >= 4 is 41.8 Å². The Bertz CT molecular complexity index is 637. The third-order valence-electron chi connectivity index (χ3n) is 2.75. The minimum Gasteiger partial charge on any atom is -0.481 e. The maximum absolute atomic E-state index is 10.3. The average molecular weight is 456 g/mol. The van der Waals surface area contributed by atoms with Crippen molar-refractivity contribution in [2.45, 2.75) is 36.9 Å². The maximum atomic E-state index is 10.3. The Morgan fingerprint density at radius 2 is 0.710 bits per heavy atom. The van der Waals surface area contributed by atoms with Gasteiger partial charge in [-0.15, -0.1) is 0 Å². The van der Waals surface area contributed by atoms with Crippen LogP contribution in [0.1, 0.15) is 25.7 Å². The van der Waals surface area contributed by atoms with E-state index in [1.165, 1.54) is 0 Å². The Balaban J connectivity index is -0.000000416. The van der Waals surface area contributed by atoms with E-state index >= 15 is 0 Å². The molecule has 16 heteroatoms. The smallest absolute Gasteiger partial charge is 0.336 e. The van der Waals surface area contributed by atoms with Crippen LogP contribution in [-0.4, -0.2) is 98.9 Å². The molecule has 0 radical (unpaired) electrons. The fourth-order valence-corrected chi connectivity index (χ4v) is 1.43. The Kier molecular flexibility index (Phi) is 14.3. The minimum atomic E-state index is -2.74. The van der Waals surface area contributed by atoms with Crippen LogP contribution in [0.25, 0.3) is 0 Å². The second-order valence-corrected chi connectivity index (χ2v) is 5.50. The molecule has 0 aromatic carbocycles. The molecular formula is C15H20O16. The number of carbonyl (C=O) groups is 7. The summed E-state index contributed by atoms with van der Waals surface area (Å²) in [6.45, 7) is 2.96. The van der Waals surface area contributed by atoms with Gasteiger partial charge in [0.15, 0.2) is 11.2 Å². The SMILES string of the molecule is C=CC(=O)O.O=C(O)CC(O)(CC(=O)O)C(=O)O.O=C(O)CC(O)(CC(=O)O)C(=O)O. The van der Waals surface area contributed by atoms with Gasteiger partial charge >= 0.3 is 41.8 Å². The van der Waals surface area contributed by atoms with Gasteiger partial charge in [0.05, 0.1) is 25.7 Å². The first-order valence-electron chi connectivity index (χ1n) is 7.47. The first-order chi connectivity index (χ1) is 13.8. The molecule has 0 atom stereocenters. The highest BCUT2D eigenvalue weighted by Gasteiger charge is 2.41. The van der Waals surface area contributed by atoms with E-state index in [0.717, 1.165) is 6.08 Å². The number of carboxylic acid groups (broad SMARTS) is 7. The van der Waals surface area contributed by atoms with Crippen LogP contribution < -0.4 is 0 Å². The van der Waals surface area contributed by atoms with Crippen LogP contribution in [0.15, 0.2) is 12.7 Å². The zero-order chi connectivity index (χ0) is 25.6. The van der Waals surface area contributed by atoms with Crippen molar-refractivity contribution in [3.8, 4) is 0 Å². The Morgan fingerprint density at radius 1 is 0.548 bits per heavy atom. The molecule has 0 unspecified atom stereocenters. The predicted octanol–water partition coefficient (Wildman–Crippen LogP) is -2.24. The van der Waals surface area contributed by atoms with Crippen molar-refractivity contribution in [2.24, 2.45) is 0 Å². The fourth-order valence-electron chi connectivity index (χ4n) is 1.43. The van der Waals surface area contributed by atoms with E-state index < -0.39 is 78.7 Å². The van der Waals surface area contributed by atoms with Crippen LogP contribution in [0.3, 0.4) is 0 Å². The summed E-state index contributed by atoms with van der Waals surface area (Å²) in [5.41, 5.74) is -5.48. The molecule has 0 aliphatic heterocycles. The molecular weight excluding hydrogens is 436 g/mol. The van der Waals surface area contributed by atoms with Crippen LogP contribution >= 0.6 is 0 Å². The summed E-state index contributed by atoms with van der Waals surface area (Å²) >= 11 is 0. The number of carboxylic acids is 7. The third kappa shape index (κ3) is 16.6. The van der Waals surface area contributed by atoms with Gasteiger partial charge < -0.3 is 46.0 Å². The molecule has 0 aromatic heterocycles. The van der Waals surface area contributed by atoms with Crippen molar-refractivity contribution in [3.63, 3.8) is 0 Å². The van der Waals surface area contributed by atoms with Crippen molar-refractivity contribution in [1.29, 1.82) is 0 Å². The molecule has 9 N–H and O–H groups in total. The number of hydrogen-bond acceptors (Lipinski definition) is 9. The topological polar surface area (TPSA) is 302 Å². The second-order valence-electron chi connectivity index (χ2n) is 5.50. The molecule has 176 valence electrons. The van der Waals surface area contributed by atoms with E-state index in [0.29, 0.717) is 0 Å². The van der Waals surface area contributed by atoms with Gasteiger partial charge in [-0.1, -0.05) is 6.58 Å². The van der Waals surface area contributed by atoms with Crippen LogP contribution in [0, 0.1) is 0 Å². The summed E-state index contributed by atoms with van der Waals surface area (Å²) in [4.78, 5) is 70.2. The van der Waals surface area contributed by atoms with Crippen molar-refractivity contribution in [1.82, 2.24) is 0 Å². The van der Waals surface area contributed by atoms with Crippen LogP contribution in [0.4, 0.5) is 0 Å². The molecule has 31 heavy (non-hydrogen) atoms. The molecule has 0 spiro atoms. The highest BCUT2D eigenvalue weighted by atomic mass is 16.4. The molecule has 0 aliphatic rings. The first kappa shape index (κ1) is 31.6. The lowest BCUT2D eigenvalue weighted by Crippen LogP contribution is -2.42. The number of rotatable bonds is 11. The minimum absolute atomic E-state index is 0.833. The Labute approximate surface area is 171 Å². The third-order valence-corrected chi connectivity index (χ3v) is 2.75. The second kappa shape index (κ2) is 14.0. The van der Waals surface area contributed by atoms with E-state index in [4.69, 9.17) is 46.0 Å². The van der Waals surface area contributed by atoms with Gasteiger partial charge in [0, 0.05) is 6.08 Å². The Hall–Kier alpha value is -4.05. The van der Waals surface area contributed by atoms with Gasteiger partial charge in [0.1, 0.15) is 0 Å². The first-order valence-corrected chi connectivity index (χ1v) is 7.47. The van der Waals surface area contributed by atoms with Gasteiger partial charge in [-0.2, -0.15) is 0 Å². The summed E-state index contributed by atoms with van der Waals surface area (Å²) in [6.07, 6.45) is -3.74. The molecule has 0 rings (SSSR count).